The number of rotatable bonds is 4. The summed E-state index contributed by atoms with van der Waals surface area (Å²) in [6.45, 7) is 1.36. The summed E-state index contributed by atoms with van der Waals surface area (Å²) in [6, 6.07) is 0. The second-order valence-corrected chi connectivity index (χ2v) is 2.59. The van der Waals surface area contributed by atoms with Gasteiger partial charge in [0.2, 0.25) is 12.3 Å². The van der Waals surface area contributed by atoms with Crippen LogP contribution in [-0.4, -0.2) is 34.3 Å². The van der Waals surface area contributed by atoms with Gasteiger partial charge in [-0.1, -0.05) is 5.22 Å². The lowest BCUT2D eigenvalue weighted by atomic mass is 10.6. The number of nitrogens with zero attached hydrogens (tertiary/aromatic N) is 4. The monoisotopic (exact) mass is 210 g/mol. The minimum absolute atomic E-state index is 0.247. The highest BCUT2D eigenvalue weighted by atomic mass is 16.2. The van der Waals surface area contributed by atoms with Crippen LogP contribution < -0.4 is 5.32 Å². The molecule has 0 unspecified atom stereocenters. The lowest BCUT2D eigenvalue weighted by Gasteiger charge is -2.03. The first-order valence-corrected chi connectivity index (χ1v) is 4.04. The Bertz CT molecular complexity index is 385. The maximum atomic E-state index is 10.8. The van der Waals surface area contributed by atoms with Gasteiger partial charge in [-0.25, -0.2) is 9.99 Å². The Kier molecular flexibility index (Phi) is 3.49. The third-order valence-electron chi connectivity index (χ3n) is 1.55. The zero-order valence-corrected chi connectivity index (χ0v) is 8.26. The number of aromatic amines is 1. The molecule has 0 saturated carbocycles. The third kappa shape index (κ3) is 2.86. The van der Waals surface area contributed by atoms with Crippen LogP contribution in [0.2, 0.25) is 0 Å². The van der Waals surface area contributed by atoms with E-state index in [9.17, 15) is 9.59 Å². The molecule has 1 rings (SSSR count). The van der Waals surface area contributed by atoms with Crippen LogP contribution in [0.1, 0.15) is 6.92 Å². The van der Waals surface area contributed by atoms with Crippen LogP contribution in [0.3, 0.4) is 0 Å². The van der Waals surface area contributed by atoms with Gasteiger partial charge in [-0.05, 0) is 0 Å². The van der Waals surface area contributed by atoms with E-state index in [2.05, 4.69) is 25.6 Å². The molecule has 80 valence electrons. The topological polar surface area (TPSA) is 103 Å². The molecule has 0 saturated heterocycles. The standard InChI is InChI=1S/C7H10N6O2/c1-5(15)13(2)12-11-7-6(10-4-14)8-3-9-7/h3-4H,1-2H3,(H,8,9)(H,10,14)/b12-11+. The first-order chi connectivity index (χ1) is 7.15. The number of aromatic nitrogens is 2. The largest absolute Gasteiger partial charge is 0.326 e. The van der Waals surface area contributed by atoms with Crippen molar-refractivity contribution >= 4 is 24.0 Å². The van der Waals surface area contributed by atoms with Crippen molar-refractivity contribution in [2.24, 2.45) is 10.3 Å². The van der Waals surface area contributed by atoms with Crippen molar-refractivity contribution < 1.29 is 9.59 Å². The fourth-order valence-corrected chi connectivity index (χ4v) is 0.700. The van der Waals surface area contributed by atoms with Crippen LogP contribution in [0.15, 0.2) is 16.7 Å². The summed E-state index contributed by atoms with van der Waals surface area (Å²) in [7, 11) is 1.47. The quantitative estimate of drug-likeness (QED) is 0.428. The van der Waals surface area contributed by atoms with Gasteiger partial charge in [-0.15, -0.1) is 5.11 Å². The molecule has 0 radical (unpaired) electrons. The average molecular weight is 210 g/mol. The number of anilines is 1. The molecule has 1 aromatic rings. The Balaban J connectivity index is 2.75. The van der Waals surface area contributed by atoms with Crippen molar-refractivity contribution in [2.75, 3.05) is 12.4 Å². The molecule has 1 aromatic heterocycles. The van der Waals surface area contributed by atoms with E-state index in [0.717, 1.165) is 5.01 Å². The molecule has 8 nitrogen and oxygen atoms in total. The number of carbonyl (C=O) groups excluding carboxylic acids is 2. The average Bonchev–Trinajstić information content (AvgIpc) is 2.62. The van der Waals surface area contributed by atoms with E-state index in [1.165, 1.54) is 20.3 Å². The number of amides is 2. The normalized spacial score (nSPS) is 10.3. The fourth-order valence-electron chi connectivity index (χ4n) is 0.700. The highest BCUT2D eigenvalue weighted by Gasteiger charge is 2.04. The lowest BCUT2D eigenvalue weighted by Crippen LogP contribution is -2.15. The van der Waals surface area contributed by atoms with Gasteiger partial charge in [0.25, 0.3) is 0 Å². The zero-order chi connectivity index (χ0) is 11.3. The van der Waals surface area contributed by atoms with E-state index in [1.807, 2.05) is 0 Å². The van der Waals surface area contributed by atoms with Crippen molar-refractivity contribution in [3.63, 3.8) is 0 Å². The van der Waals surface area contributed by atoms with E-state index in [-0.39, 0.29) is 17.5 Å². The Morgan fingerprint density at radius 2 is 2.47 bits per heavy atom. The Morgan fingerprint density at radius 3 is 3.07 bits per heavy atom. The summed E-state index contributed by atoms with van der Waals surface area (Å²) in [6.07, 6.45) is 1.83. The number of H-pyrrole nitrogens is 1. The molecule has 0 aromatic carbocycles. The molecule has 2 amide bonds. The smallest absolute Gasteiger partial charge is 0.240 e. The second kappa shape index (κ2) is 4.84. The third-order valence-corrected chi connectivity index (χ3v) is 1.55. The molecule has 8 heteroatoms. The molecule has 0 aliphatic rings. The maximum absolute atomic E-state index is 10.8. The summed E-state index contributed by atoms with van der Waals surface area (Å²) in [4.78, 5) is 27.4. The van der Waals surface area contributed by atoms with Gasteiger partial charge in [0.15, 0.2) is 11.6 Å². The molecule has 0 atom stereocenters. The van der Waals surface area contributed by atoms with Crippen molar-refractivity contribution in [3.05, 3.63) is 6.33 Å². The maximum Gasteiger partial charge on any atom is 0.240 e. The van der Waals surface area contributed by atoms with Gasteiger partial charge >= 0.3 is 0 Å². The molecule has 0 aliphatic heterocycles. The van der Waals surface area contributed by atoms with Crippen LogP contribution >= 0.6 is 0 Å². The number of hydrogen-bond acceptors (Lipinski definition) is 5. The summed E-state index contributed by atoms with van der Waals surface area (Å²) in [5.41, 5.74) is 0. The summed E-state index contributed by atoms with van der Waals surface area (Å²) in [5, 5.41) is 10.7. The minimum Gasteiger partial charge on any atom is -0.326 e. The first kappa shape index (κ1) is 10.8. The lowest BCUT2D eigenvalue weighted by molar-refractivity contribution is -0.127. The minimum atomic E-state index is -0.247. The Labute approximate surface area is 85.4 Å². The van der Waals surface area contributed by atoms with Crippen LogP contribution in [0.25, 0.3) is 0 Å². The van der Waals surface area contributed by atoms with Crippen molar-refractivity contribution in [1.29, 1.82) is 0 Å². The van der Waals surface area contributed by atoms with E-state index in [1.54, 1.807) is 0 Å². The van der Waals surface area contributed by atoms with Crippen LogP contribution in [-0.2, 0) is 9.59 Å². The number of hydrogen-bond donors (Lipinski definition) is 2. The van der Waals surface area contributed by atoms with Gasteiger partial charge in [0, 0.05) is 14.0 Å². The van der Waals surface area contributed by atoms with Crippen molar-refractivity contribution in [2.45, 2.75) is 6.92 Å². The summed E-state index contributed by atoms with van der Waals surface area (Å²) >= 11 is 0. The Morgan fingerprint density at radius 1 is 1.73 bits per heavy atom. The van der Waals surface area contributed by atoms with Gasteiger partial charge < -0.3 is 10.3 Å². The molecule has 2 N–H and O–H groups in total. The molecule has 1 heterocycles. The fraction of sp³-hybridized carbons (Fsp3) is 0.286. The van der Waals surface area contributed by atoms with Crippen molar-refractivity contribution in [3.8, 4) is 0 Å². The first-order valence-electron chi connectivity index (χ1n) is 4.04. The van der Waals surface area contributed by atoms with E-state index in [0.29, 0.717) is 6.41 Å². The van der Waals surface area contributed by atoms with Crippen LogP contribution in [0.5, 0.6) is 0 Å². The number of nitrogens with one attached hydrogen (secondary N) is 2. The van der Waals surface area contributed by atoms with Crippen molar-refractivity contribution in [1.82, 2.24) is 15.0 Å². The molecule has 0 aliphatic carbocycles. The zero-order valence-electron chi connectivity index (χ0n) is 8.26. The van der Waals surface area contributed by atoms with Gasteiger partial charge in [-0.2, -0.15) is 0 Å². The predicted molar refractivity (Wildman–Crippen MR) is 51.2 cm³/mol. The highest BCUT2D eigenvalue weighted by molar-refractivity contribution is 5.74. The van der Waals surface area contributed by atoms with Crippen LogP contribution in [0, 0.1) is 0 Å². The number of carbonyl (C=O) groups is 2. The van der Waals surface area contributed by atoms with E-state index < -0.39 is 0 Å². The molecule has 0 bridgehead atoms. The SMILES string of the molecule is CC(=O)N(C)/N=N/c1[nH]cnc1NC=O. The highest BCUT2D eigenvalue weighted by Crippen LogP contribution is 2.18. The molecular formula is C7H10N6O2. The molecule has 15 heavy (non-hydrogen) atoms. The van der Waals surface area contributed by atoms with Gasteiger partial charge in [0.1, 0.15) is 0 Å². The van der Waals surface area contributed by atoms with Gasteiger partial charge in [0.05, 0.1) is 6.33 Å². The molecule has 0 fully saturated rings. The number of imidazole rings is 1. The molecule has 0 spiro atoms. The van der Waals surface area contributed by atoms with Crippen LogP contribution in [0.4, 0.5) is 11.6 Å². The summed E-state index contributed by atoms with van der Waals surface area (Å²) < 4.78 is 0. The summed E-state index contributed by atoms with van der Waals surface area (Å²) in [5.74, 6) is 0.282. The Hall–Kier alpha value is -2.25. The van der Waals surface area contributed by atoms with E-state index >= 15 is 0 Å². The second-order valence-electron chi connectivity index (χ2n) is 2.59. The molecular weight excluding hydrogens is 200 g/mol. The van der Waals surface area contributed by atoms with Gasteiger partial charge in [-0.3, -0.25) is 9.59 Å². The van der Waals surface area contributed by atoms with E-state index in [4.69, 9.17) is 0 Å². The predicted octanol–water partition coefficient (Wildman–Crippen LogP) is 0.455.